The summed E-state index contributed by atoms with van der Waals surface area (Å²) in [6.07, 6.45) is 1.87. The molecule has 0 aliphatic rings. The molecule has 0 saturated carbocycles. The molecule has 0 atom stereocenters. The topological polar surface area (TPSA) is 90.0 Å². The Morgan fingerprint density at radius 2 is 1.28 bits per heavy atom. The Kier molecular flexibility index (Phi) is 7.28. The minimum Gasteiger partial charge on any atom is -0.493 e. The van der Waals surface area contributed by atoms with Gasteiger partial charge in [0, 0.05) is 34.0 Å². The van der Waals surface area contributed by atoms with Crippen molar-refractivity contribution < 1.29 is 32.8 Å². The Hall–Kier alpha value is -5.83. The van der Waals surface area contributed by atoms with Gasteiger partial charge in [0.1, 0.15) is 17.7 Å². The second kappa shape index (κ2) is 11.6. The van der Waals surface area contributed by atoms with Gasteiger partial charge >= 0.3 is 5.63 Å². The summed E-state index contributed by atoms with van der Waals surface area (Å²) < 4.78 is 42.4. The second-order valence-corrected chi connectivity index (χ2v) is 10.7. The number of aromatic nitrogens is 1. The Labute approximate surface area is 264 Å². The predicted molar refractivity (Wildman–Crippen MR) is 177 cm³/mol. The Morgan fingerprint density at radius 3 is 2.00 bits per heavy atom. The molecule has 4 aromatic carbocycles. The molecule has 46 heavy (non-hydrogen) atoms. The zero-order valence-electron chi connectivity index (χ0n) is 26.0. The van der Waals surface area contributed by atoms with Crippen molar-refractivity contribution in [2.24, 2.45) is 0 Å². The highest BCUT2D eigenvalue weighted by atomic mass is 16.5. The molecule has 0 bridgehead atoms. The van der Waals surface area contributed by atoms with Gasteiger partial charge < -0.3 is 37.2 Å². The summed E-state index contributed by atoms with van der Waals surface area (Å²) in [6.45, 7) is 0.319. The molecule has 0 fully saturated rings. The summed E-state index contributed by atoms with van der Waals surface area (Å²) in [7, 11) is 7.97. The second-order valence-electron chi connectivity index (χ2n) is 10.7. The van der Waals surface area contributed by atoms with E-state index in [4.69, 9.17) is 32.8 Å². The number of hydrogen-bond acceptors (Lipinski definition) is 8. The normalized spacial score (nSPS) is 11.3. The number of pyridine rings is 1. The fourth-order valence-electron chi connectivity index (χ4n) is 6.11. The van der Waals surface area contributed by atoms with Gasteiger partial charge in [-0.2, -0.15) is 0 Å². The lowest BCUT2D eigenvalue weighted by Gasteiger charge is -2.13. The van der Waals surface area contributed by atoms with Gasteiger partial charge in [-0.05, 0) is 52.9 Å². The molecule has 9 nitrogen and oxygen atoms in total. The molecule has 3 heterocycles. The molecule has 0 N–H and O–H groups in total. The van der Waals surface area contributed by atoms with Crippen LogP contribution in [0.1, 0.15) is 5.56 Å². The third-order valence-electron chi connectivity index (χ3n) is 8.26. The summed E-state index contributed by atoms with van der Waals surface area (Å²) in [5.41, 5.74) is 3.63. The van der Waals surface area contributed by atoms with E-state index in [0.29, 0.717) is 63.0 Å². The summed E-state index contributed by atoms with van der Waals surface area (Å²) in [5, 5.41) is 3.12. The minimum atomic E-state index is -0.497. The number of ether oxygens (including phenoxy) is 6. The lowest BCUT2D eigenvalue weighted by atomic mass is 9.98. The average Bonchev–Trinajstić information content (AvgIpc) is 3.46. The maximum absolute atomic E-state index is 13.9. The van der Waals surface area contributed by atoms with Crippen molar-refractivity contribution >= 4 is 38.2 Å². The summed E-state index contributed by atoms with van der Waals surface area (Å²) in [4.78, 5) is 13.9. The van der Waals surface area contributed by atoms with Crippen LogP contribution in [0.4, 0.5) is 0 Å². The van der Waals surface area contributed by atoms with Crippen molar-refractivity contribution in [1.29, 1.82) is 0 Å². The Balaban J connectivity index is 1.60. The van der Waals surface area contributed by atoms with Crippen LogP contribution in [0.2, 0.25) is 0 Å². The summed E-state index contributed by atoms with van der Waals surface area (Å²) >= 11 is 0. The molecule has 9 heteroatoms. The molecule has 232 valence electrons. The van der Waals surface area contributed by atoms with Gasteiger partial charge in [-0.3, -0.25) is 0 Å². The van der Waals surface area contributed by atoms with Crippen molar-refractivity contribution in [1.82, 2.24) is 4.40 Å². The van der Waals surface area contributed by atoms with E-state index in [0.717, 1.165) is 33.0 Å². The van der Waals surface area contributed by atoms with Crippen molar-refractivity contribution in [2.75, 3.05) is 35.5 Å². The third kappa shape index (κ3) is 4.59. The summed E-state index contributed by atoms with van der Waals surface area (Å²) in [5.74, 6) is 3.25. The van der Waals surface area contributed by atoms with Crippen LogP contribution in [0, 0.1) is 0 Å². The van der Waals surface area contributed by atoms with Crippen molar-refractivity contribution in [3.8, 4) is 45.6 Å². The fourth-order valence-corrected chi connectivity index (χ4v) is 6.11. The first kappa shape index (κ1) is 28.9. The van der Waals surface area contributed by atoms with Gasteiger partial charge in [0.05, 0.1) is 41.1 Å². The molecule has 7 rings (SSSR count). The number of methoxy groups -OCH3 is 5. The van der Waals surface area contributed by atoms with E-state index in [2.05, 4.69) is 0 Å². The van der Waals surface area contributed by atoms with E-state index >= 15 is 0 Å². The lowest BCUT2D eigenvalue weighted by Crippen LogP contribution is -2.03. The number of nitrogens with zero attached hydrogens (tertiary/aromatic N) is 1. The van der Waals surface area contributed by atoms with Crippen LogP contribution in [0.15, 0.2) is 94.3 Å². The standard InChI is InChI=1S/C37H31NO8/c1-40-26-12-11-23(16-28(26)41-2)33-34-25-18-31(44-5)32(45-20-21-9-7-6-8-10-21)19-27(25)46-37(39)36(34)38-14-13-22-15-29(42-3)30(43-4)17-24(22)35(33)38/h6-19H,20H2,1-5H3. The van der Waals surface area contributed by atoms with Gasteiger partial charge in [-0.25, -0.2) is 4.79 Å². The van der Waals surface area contributed by atoms with E-state index in [1.807, 2.05) is 83.4 Å². The molecule has 0 unspecified atom stereocenters. The molecule has 0 saturated heterocycles. The summed E-state index contributed by atoms with van der Waals surface area (Å²) in [6, 6.07) is 24.9. The largest absolute Gasteiger partial charge is 0.493 e. The average molecular weight is 618 g/mol. The smallest absolute Gasteiger partial charge is 0.361 e. The van der Waals surface area contributed by atoms with Crippen molar-refractivity contribution in [2.45, 2.75) is 6.61 Å². The van der Waals surface area contributed by atoms with Crippen LogP contribution in [0.25, 0.3) is 49.3 Å². The highest BCUT2D eigenvalue weighted by Gasteiger charge is 2.25. The predicted octanol–water partition coefficient (Wildman–Crippen LogP) is 7.64. The van der Waals surface area contributed by atoms with Crippen LogP contribution in [0.3, 0.4) is 0 Å². The van der Waals surface area contributed by atoms with E-state index < -0.39 is 5.63 Å². The van der Waals surface area contributed by atoms with E-state index in [1.54, 1.807) is 41.6 Å². The number of hydrogen-bond donors (Lipinski definition) is 0. The number of rotatable bonds is 9. The number of benzene rings is 4. The van der Waals surface area contributed by atoms with E-state index in [-0.39, 0.29) is 0 Å². The van der Waals surface area contributed by atoms with Crippen LogP contribution in [-0.2, 0) is 6.61 Å². The van der Waals surface area contributed by atoms with E-state index in [1.165, 1.54) is 0 Å². The Morgan fingerprint density at radius 1 is 0.630 bits per heavy atom. The Bertz CT molecular complexity index is 2320. The van der Waals surface area contributed by atoms with Crippen LogP contribution in [-0.4, -0.2) is 39.9 Å². The van der Waals surface area contributed by atoms with Crippen LogP contribution in [0.5, 0.6) is 34.5 Å². The maximum atomic E-state index is 13.9. The first-order valence-corrected chi connectivity index (χ1v) is 14.6. The quantitative estimate of drug-likeness (QED) is 0.153. The van der Waals surface area contributed by atoms with Gasteiger partial charge in [-0.1, -0.05) is 36.4 Å². The number of fused-ring (bicyclic) bond motifs is 7. The van der Waals surface area contributed by atoms with Crippen LogP contribution < -0.4 is 34.0 Å². The first-order chi connectivity index (χ1) is 22.5. The maximum Gasteiger partial charge on any atom is 0.361 e. The van der Waals surface area contributed by atoms with E-state index in [9.17, 15) is 4.79 Å². The zero-order valence-corrected chi connectivity index (χ0v) is 26.0. The monoisotopic (exact) mass is 617 g/mol. The van der Waals surface area contributed by atoms with Gasteiger partial charge in [-0.15, -0.1) is 0 Å². The van der Waals surface area contributed by atoms with Gasteiger partial charge in [0.15, 0.2) is 34.5 Å². The lowest BCUT2D eigenvalue weighted by molar-refractivity contribution is 0.284. The SMILES string of the molecule is COc1ccc(-c2c3c4cc(OC)c(OCc5ccccc5)cc4oc(=O)c3n3ccc4cc(OC)c(OC)cc4c23)cc1OC. The van der Waals surface area contributed by atoms with Gasteiger partial charge in [0.2, 0.25) is 0 Å². The third-order valence-corrected chi connectivity index (χ3v) is 8.26. The molecule has 7 aromatic rings. The highest BCUT2D eigenvalue weighted by Crippen LogP contribution is 2.46. The molecule has 3 aromatic heterocycles. The zero-order chi connectivity index (χ0) is 31.9. The molecule has 0 spiro atoms. The molecule has 0 aliphatic heterocycles. The molecule has 0 radical (unpaired) electrons. The molecular weight excluding hydrogens is 586 g/mol. The van der Waals surface area contributed by atoms with Gasteiger partial charge in [0.25, 0.3) is 0 Å². The molecular formula is C37H31NO8. The first-order valence-electron chi connectivity index (χ1n) is 14.6. The van der Waals surface area contributed by atoms with Crippen molar-refractivity contribution in [3.05, 3.63) is 101 Å². The molecule has 0 amide bonds. The molecule has 0 aliphatic carbocycles. The van der Waals surface area contributed by atoms with Crippen molar-refractivity contribution in [3.63, 3.8) is 0 Å². The minimum absolute atomic E-state index is 0.319. The van der Waals surface area contributed by atoms with Crippen LogP contribution >= 0.6 is 0 Å². The highest BCUT2D eigenvalue weighted by molar-refractivity contribution is 6.22. The fraction of sp³-hybridized carbons (Fsp3) is 0.162.